The van der Waals surface area contributed by atoms with E-state index in [2.05, 4.69) is 22.8 Å². The molecule has 1 aliphatic rings. The molecule has 0 saturated heterocycles. The lowest BCUT2D eigenvalue weighted by Gasteiger charge is -2.17. The van der Waals surface area contributed by atoms with E-state index in [0.29, 0.717) is 49.7 Å². The van der Waals surface area contributed by atoms with Gasteiger partial charge in [-0.25, -0.2) is 4.79 Å². The van der Waals surface area contributed by atoms with Gasteiger partial charge in [-0.3, -0.25) is 4.68 Å². The Bertz CT molecular complexity index is 1840. The minimum atomic E-state index is -0.382. The van der Waals surface area contributed by atoms with E-state index in [4.69, 9.17) is 30.9 Å². The third-order valence-corrected chi connectivity index (χ3v) is 9.04. The molecule has 3 aromatic carbocycles. The number of aliphatic hydroxyl groups excluding tert-OH is 1. The van der Waals surface area contributed by atoms with Crippen molar-refractivity contribution >= 4 is 39.2 Å². The zero-order chi connectivity index (χ0) is 31.5. The molecule has 1 aliphatic heterocycles. The second-order valence-electron chi connectivity index (χ2n) is 11.5. The van der Waals surface area contributed by atoms with Gasteiger partial charge in [0.1, 0.15) is 17.5 Å². The fourth-order valence-electron chi connectivity index (χ4n) is 6.57. The molecule has 236 valence electrons. The Kier molecular flexibility index (Phi) is 9.45. The van der Waals surface area contributed by atoms with Gasteiger partial charge in [0.25, 0.3) is 0 Å². The number of ether oxygens (including phenoxy) is 3. The topological polar surface area (TPSA) is 87.7 Å². The lowest BCUT2D eigenvalue weighted by atomic mass is 9.96. The van der Waals surface area contributed by atoms with E-state index in [1.807, 2.05) is 62.0 Å². The Morgan fingerprint density at radius 2 is 1.91 bits per heavy atom. The molecule has 9 heteroatoms. The number of hydrogen-bond acceptors (Lipinski definition) is 6. The van der Waals surface area contributed by atoms with Crippen LogP contribution in [0.3, 0.4) is 0 Å². The highest BCUT2D eigenvalue weighted by atomic mass is 35.5. The minimum Gasteiger partial charge on any atom is -0.493 e. The number of esters is 1. The van der Waals surface area contributed by atoms with Gasteiger partial charge in [-0.15, -0.1) is 0 Å². The summed E-state index contributed by atoms with van der Waals surface area (Å²) in [5.74, 6) is 0.511. The van der Waals surface area contributed by atoms with Crippen LogP contribution in [0.2, 0.25) is 5.02 Å². The monoisotopic (exact) mass is 629 g/mol. The van der Waals surface area contributed by atoms with Gasteiger partial charge in [-0.1, -0.05) is 54.1 Å². The van der Waals surface area contributed by atoms with Crippen molar-refractivity contribution in [2.24, 2.45) is 7.05 Å². The molecule has 0 fully saturated rings. The molecule has 0 saturated carbocycles. The first-order valence-corrected chi connectivity index (χ1v) is 16.2. The lowest BCUT2D eigenvalue weighted by molar-refractivity contribution is 0.0296. The summed E-state index contributed by atoms with van der Waals surface area (Å²) in [4.78, 5) is 13.7. The van der Waals surface area contributed by atoms with E-state index >= 15 is 0 Å². The summed E-state index contributed by atoms with van der Waals surface area (Å²) < 4.78 is 22.2. The molecule has 45 heavy (non-hydrogen) atoms. The predicted molar refractivity (Wildman–Crippen MR) is 177 cm³/mol. The maximum absolute atomic E-state index is 13.7. The normalized spacial score (nSPS) is 15.2. The average Bonchev–Trinajstić information content (AvgIpc) is 3.50. The molecule has 1 atom stereocenters. The lowest BCUT2D eigenvalue weighted by Crippen LogP contribution is -2.15. The molecule has 1 N–H and O–H groups in total. The number of aromatic nitrogens is 3. The predicted octanol–water partition coefficient (Wildman–Crippen LogP) is 7.58. The van der Waals surface area contributed by atoms with Gasteiger partial charge in [0.05, 0.1) is 29.4 Å². The number of nitrogens with zero attached hydrogens (tertiary/aromatic N) is 3. The van der Waals surface area contributed by atoms with Gasteiger partial charge in [0.2, 0.25) is 0 Å². The molecular weight excluding hydrogens is 590 g/mol. The summed E-state index contributed by atoms with van der Waals surface area (Å²) >= 11 is 7.07. The van der Waals surface area contributed by atoms with Crippen LogP contribution >= 0.6 is 11.6 Å². The second-order valence-corrected chi connectivity index (χ2v) is 11.9. The highest BCUT2D eigenvalue weighted by Crippen LogP contribution is 2.44. The van der Waals surface area contributed by atoms with Crippen LogP contribution in [0.15, 0.2) is 54.6 Å². The molecule has 0 bridgehead atoms. The molecule has 1 unspecified atom stereocenters. The van der Waals surface area contributed by atoms with Crippen LogP contribution in [0.25, 0.3) is 32.8 Å². The van der Waals surface area contributed by atoms with Crippen molar-refractivity contribution in [3.63, 3.8) is 0 Å². The van der Waals surface area contributed by atoms with Crippen molar-refractivity contribution in [3.05, 3.63) is 82.3 Å². The largest absolute Gasteiger partial charge is 0.493 e. The van der Waals surface area contributed by atoms with Crippen LogP contribution in [0.5, 0.6) is 5.75 Å². The highest BCUT2D eigenvalue weighted by molar-refractivity contribution is 6.35. The molecule has 0 amide bonds. The summed E-state index contributed by atoms with van der Waals surface area (Å²) in [5, 5.41) is 18.5. The smallest absolute Gasteiger partial charge is 0.355 e. The number of hydrogen-bond donors (Lipinski definition) is 1. The van der Waals surface area contributed by atoms with Crippen molar-refractivity contribution in [2.75, 3.05) is 26.4 Å². The van der Waals surface area contributed by atoms with Crippen molar-refractivity contribution in [1.29, 1.82) is 0 Å². The van der Waals surface area contributed by atoms with E-state index < -0.39 is 0 Å². The fraction of sp³-hybridized carbons (Fsp3) is 0.389. The van der Waals surface area contributed by atoms with Gasteiger partial charge in [-0.05, 0) is 62.6 Å². The molecule has 2 aromatic heterocycles. The van der Waals surface area contributed by atoms with Gasteiger partial charge >= 0.3 is 5.97 Å². The average molecular weight is 630 g/mol. The van der Waals surface area contributed by atoms with Crippen molar-refractivity contribution in [1.82, 2.24) is 14.3 Å². The highest BCUT2D eigenvalue weighted by Gasteiger charge is 2.31. The van der Waals surface area contributed by atoms with Crippen molar-refractivity contribution in [3.8, 4) is 16.9 Å². The molecule has 3 heterocycles. The van der Waals surface area contributed by atoms with Crippen LogP contribution in [0.1, 0.15) is 66.2 Å². The number of rotatable bonds is 9. The van der Waals surface area contributed by atoms with Gasteiger partial charge < -0.3 is 23.9 Å². The number of carbonyl (C=O) groups is 1. The number of aliphatic hydroxyl groups is 1. The SMILES string of the molecule is CCOC(=O)c1c(CCCOc2cccc3ccccc23)c2ccc(Cl)c3c2n1CCCCOC(CCO)c1nn(C)c(C)c1-3. The third-order valence-electron chi connectivity index (χ3n) is 8.73. The standard InChI is InChI=1S/C36H40ClN3O5/c1-4-43-36(42)35-26(14-10-22-44-29-15-9-12-24-11-5-6-13-25(24)29)27-16-17-28(37)32-31-23(2)39(3)38-33(31)30(18-20-41)45-21-8-7-19-40(35)34(27)32/h5-6,9,11-13,15-17,30,41H,4,7-8,10,14,18-22H2,1-3H3. The molecule has 0 radical (unpaired) electrons. The van der Waals surface area contributed by atoms with Crippen LogP contribution in [-0.2, 0) is 29.5 Å². The first kappa shape index (κ1) is 31.1. The number of fused-ring (bicyclic) bond motifs is 3. The van der Waals surface area contributed by atoms with E-state index in [1.165, 1.54) is 0 Å². The summed E-state index contributed by atoms with van der Waals surface area (Å²) in [5.41, 5.74) is 5.79. The molecule has 8 nitrogen and oxygen atoms in total. The van der Waals surface area contributed by atoms with E-state index in [1.54, 1.807) is 0 Å². The molecule has 6 rings (SSSR count). The van der Waals surface area contributed by atoms with E-state index in [9.17, 15) is 9.90 Å². The number of aryl methyl sites for hydroxylation is 3. The Hall–Kier alpha value is -3.85. The van der Waals surface area contributed by atoms with E-state index in [-0.39, 0.29) is 25.3 Å². The summed E-state index contributed by atoms with van der Waals surface area (Å²) in [6, 6.07) is 18.2. The quantitative estimate of drug-likeness (QED) is 0.134. The van der Waals surface area contributed by atoms with Crippen molar-refractivity contribution < 1.29 is 24.1 Å². The number of carbonyl (C=O) groups excluding carboxylic acids is 1. The van der Waals surface area contributed by atoms with Gasteiger partial charge in [-0.2, -0.15) is 5.10 Å². The second kappa shape index (κ2) is 13.6. The number of halogens is 1. The maximum atomic E-state index is 13.7. The molecular formula is C36H40ClN3O5. The Morgan fingerprint density at radius 1 is 1.09 bits per heavy atom. The summed E-state index contributed by atoms with van der Waals surface area (Å²) in [7, 11) is 1.91. The molecule has 0 aliphatic carbocycles. The first-order chi connectivity index (χ1) is 21.9. The van der Waals surface area contributed by atoms with Crippen LogP contribution in [0.4, 0.5) is 0 Å². The summed E-state index contributed by atoms with van der Waals surface area (Å²) in [6.07, 6.45) is 2.95. The Balaban J connectivity index is 1.47. The van der Waals surface area contributed by atoms with E-state index in [0.717, 1.165) is 68.3 Å². The number of benzene rings is 3. The first-order valence-electron chi connectivity index (χ1n) is 15.8. The molecule has 0 spiro atoms. The Morgan fingerprint density at radius 3 is 2.73 bits per heavy atom. The third kappa shape index (κ3) is 5.94. The zero-order valence-corrected chi connectivity index (χ0v) is 26.9. The fourth-order valence-corrected chi connectivity index (χ4v) is 6.82. The maximum Gasteiger partial charge on any atom is 0.355 e. The Labute approximate surface area is 268 Å². The van der Waals surface area contributed by atoms with Crippen LogP contribution in [0, 0.1) is 6.92 Å². The van der Waals surface area contributed by atoms with Gasteiger partial charge in [0.15, 0.2) is 0 Å². The zero-order valence-electron chi connectivity index (χ0n) is 26.1. The molecule has 5 aromatic rings. The van der Waals surface area contributed by atoms with Crippen LogP contribution < -0.4 is 4.74 Å². The van der Waals surface area contributed by atoms with Crippen molar-refractivity contribution in [2.45, 2.75) is 58.6 Å². The van der Waals surface area contributed by atoms with Gasteiger partial charge in [0, 0.05) is 60.8 Å². The van der Waals surface area contributed by atoms with Crippen LogP contribution in [-0.4, -0.2) is 51.9 Å². The minimum absolute atomic E-state index is 0.0218. The summed E-state index contributed by atoms with van der Waals surface area (Å²) in [6.45, 7) is 5.72.